The molecule has 1 N–H and O–H groups in total. The van der Waals surface area contributed by atoms with E-state index >= 15 is 0 Å². The van der Waals surface area contributed by atoms with E-state index in [-0.39, 0.29) is 18.7 Å². The fraction of sp³-hybridized carbons (Fsp3) is 0.333. The maximum absolute atomic E-state index is 12.3. The number of hydrogen-bond acceptors (Lipinski definition) is 8. The van der Waals surface area contributed by atoms with Crippen LogP contribution in [0.5, 0.6) is 5.75 Å². The average Bonchev–Trinajstić information content (AvgIpc) is 2.76. The molecule has 0 aliphatic rings. The molecule has 160 valence electrons. The highest BCUT2D eigenvalue weighted by Gasteiger charge is 2.32. The number of carbonyl (C=O) groups excluding carboxylic acids is 2. The smallest absolute Gasteiger partial charge is 0.336 e. The molecule has 9 heteroatoms. The SMILES string of the molecule is CCCOC(=O)C(O)C(Sc1ccccc1[N+](=O)[O-])c1ccc(OC(=O)CC)cc1. The summed E-state index contributed by atoms with van der Waals surface area (Å²) in [6.45, 7) is 3.66. The maximum atomic E-state index is 12.3. The molecule has 0 amide bonds. The van der Waals surface area contributed by atoms with E-state index in [1.807, 2.05) is 6.92 Å². The summed E-state index contributed by atoms with van der Waals surface area (Å²) in [5, 5.41) is 21.1. The molecule has 0 aliphatic heterocycles. The Kier molecular flexibility index (Phi) is 8.82. The third-order valence-electron chi connectivity index (χ3n) is 4.02. The van der Waals surface area contributed by atoms with Crippen LogP contribution in [0.1, 0.15) is 37.5 Å². The van der Waals surface area contributed by atoms with E-state index in [1.54, 1.807) is 49.4 Å². The first-order valence-corrected chi connectivity index (χ1v) is 10.3. The molecule has 8 nitrogen and oxygen atoms in total. The Labute approximate surface area is 178 Å². The van der Waals surface area contributed by atoms with Crippen molar-refractivity contribution in [1.29, 1.82) is 0 Å². The molecule has 2 aromatic rings. The number of ether oxygens (including phenoxy) is 2. The van der Waals surface area contributed by atoms with Gasteiger partial charge in [-0.25, -0.2) is 4.79 Å². The fourth-order valence-electron chi connectivity index (χ4n) is 2.50. The van der Waals surface area contributed by atoms with Crippen LogP contribution in [-0.2, 0) is 14.3 Å². The second-order valence-electron chi connectivity index (χ2n) is 6.27. The summed E-state index contributed by atoms with van der Waals surface area (Å²) in [5.41, 5.74) is 0.394. The zero-order valence-electron chi connectivity index (χ0n) is 16.6. The number of para-hydroxylation sites is 1. The van der Waals surface area contributed by atoms with E-state index < -0.39 is 28.2 Å². The van der Waals surface area contributed by atoms with Crippen molar-refractivity contribution in [2.45, 2.75) is 42.9 Å². The van der Waals surface area contributed by atoms with Gasteiger partial charge in [0.05, 0.1) is 21.7 Å². The minimum absolute atomic E-state index is 0.130. The van der Waals surface area contributed by atoms with E-state index in [2.05, 4.69) is 0 Å². The van der Waals surface area contributed by atoms with Crippen LogP contribution in [0, 0.1) is 10.1 Å². The molecule has 2 unspecified atom stereocenters. The predicted octanol–water partition coefficient (Wildman–Crippen LogP) is 4.06. The normalized spacial score (nSPS) is 12.6. The average molecular weight is 433 g/mol. The number of thioether (sulfide) groups is 1. The summed E-state index contributed by atoms with van der Waals surface area (Å²) in [7, 11) is 0. The number of nitro groups is 1. The van der Waals surface area contributed by atoms with Crippen molar-refractivity contribution >= 4 is 29.4 Å². The molecular formula is C21H23NO7S. The van der Waals surface area contributed by atoms with Crippen LogP contribution in [0.2, 0.25) is 0 Å². The van der Waals surface area contributed by atoms with Gasteiger partial charge in [0.25, 0.3) is 5.69 Å². The number of aliphatic hydroxyl groups excluding tert-OH is 1. The van der Waals surface area contributed by atoms with Crippen molar-refractivity contribution in [3.05, 3.63) is 64.2 Å². The summed E-state index contributed by atoms with van der Waals surface area (Å²) in [5.74, 6) is -0.880. The Balaban J connectivity index is 2.35. The van der Waals surface area contributed by atoms with Crippen LogP contribution in [0.3, 0.4) is 0 Å². The number of carbonyl (C=O) groups is 2. The number of nitro benzene ring substituents is 1. The third kappa shape index (κ3) is 6.30. The molecular weight excluding hydrogens is 410 g/mol. The molecule has 2 aromatic carbocycles. The Morgan fingerprint density at radius 3 is 2.40 bits per heavy atom. The molecule has 30 heavy (non-hydrogen) atoms. The molecule has 0 bridgehead atoms. The monoisotopic (exact) mass is 433 g/mol. The van der Waals surface area contributed by atoms with Crippen molar-refractivity contribution in [3.8, 4) is 5.75 Å². The second-order valence-corrected chi connectivity index (χ2v) is 7.46. The van der Waals surface area contributed by atoms with Crippen molar-refractivity contribution < 1.29 is 29.1 Å². The summed E-state index contributed by atoms with van der Waals surface area (Å²) in [6.07, 6.45) is -0.733. The first kappa shape index (κ1) is 23.4. The number of hydrogen-bond donors (Lipinski definition) is 1. The molecule has 2 atom stereocenters. The van der Waals surface area contributed by atoms with Crippen molar-refractivity contribution in [2.75, 3.05) is 6.61 Å². The zero-order valence-corrected chi connectivity index (χ0v) is 17.5. The lowest BCUT2D eigenvalue weighted by atomic mass is 10.1. The van der Waals surface area contributed by atoms with Gasteiger partial charge in [0.1, 0.15) is 5.75 Å². The molecule has 0 aromatic heterocycles. The van der Waals surface area contributed by atoms with Gasteiger partial charge in [-0.3, -0.25) is 14.9 Å². The molecule has 0 saturated carbocycles. The van der Waals surface area contributed by atoms with Gasteiger partial charge in [0.2, 0.25) is 0 Å². The van der Waals surface area contributed by atoms with Crippen LogP contribution in [0.4, 0.5) is 5.69 Å². The van der Waals surface area contributed by atoms with Crippen LogP contribution >= 0.6 is 11.8 Å². The second kappa shape index (κ2) is 11.3. The van der Waals surface area contributed by atoms with Crippen LogP contribution in [-0.4, -0.2) is 34.7 Å². The minimum Gasteiger partial charge on any atom is -0.464 e. The number of aliphatic hydroxyl groups is 1. The highest BCUT2D eigenvalue weighted by Crippen LogP contribution is 2.42. The summed E-state index contributed by atoms with van der Waals surface area (Å²) in [6, 6.07) is 12.4. The number of esters is 2. The van der Waals surface area contributed by atoms with Gasteiger partial charge in [0, 0.05) is 12.5 Å². The molecule has 0 spiro atoms. The number of benzene rings is 2. The van der Waals surface area contributed by atoms with E-state index in [0.717, 1.165) is 11.8 Å². The topological polar surface area (TPSA) is 116 Å². The summed E-state index contributed by atoms with van der Waals surface area (Å²) >= 11 is 0.991. The van der Waals surface area contributed by atoms with Gasteiger partial charge in [0.15, 0.2) is 6.10 Å². The molecule has 0 heterocycles. The highest BCUT2D eigenvalue weighted by atomic mass is 32.2. The summed E-state index contributed by atoms with van der Waals surface area (Å²) < 4.78 is 10.2. The largest absolute Gasteiger partial charge is 0.464 e. The first-order chi connectivity index (χ1) is 14.4. The number of rotatable bonds is 10. The maximum Gasteiger partial charge on any atom is 0.336 e. The first-order valence-electron chi connectivity index (χ1n) is 9.42. The Bertz CT molecular complexity index is 885. The highest BCUT2D eigenvalue weighted by molar-refractivity contribution is 7.99. The minimum atomic E-state index is -1.55. The van der Waals surface area contributed by atoms with Gasteiger partial charge in [-0.15, -0.1) is 11.8 Å². The van der Waals surface area contributed by atoms with Gasteiger partial charge in [-0.2, -0.15) is 0 Å². The van der Waals surface area contributed by atoms with Gasteiger partial charge >= 0.3 is 11.9 Å². The molecule has 0 aliphatic carbocycles. The lowest BCUT2D eigenvalue weighted by Crippen LogP contribution is -2.28. The van der Waals surface area contributed by atoms with Gasteiger partial charge < -0.3 is 14.6 Å². The van der Waals surface area contributed by atoms with Crippen LogP contribution in [0.25, 0.3) is 0 Å². The van der Waals surface area contributed by atoms with E-state index in [1.165, 1.54) is 6.07 Å². The molecule has 2 rings (SSSR count). The predicted molar refractivity (Wildman–Crippen MR) is 111 cm³/mol. The Hall–Kier alpha value is -2.91. The standard InChI is InChI=1S/C21H23NO7S/c1-3-13-28-21(25)19(24)20(30-17-8-6-5-7-16(17)22(26)27)14-9-11-15(12-10-14)29-18(23)4-2/h5-12,19-20,24H,3-4,13H2,1-2H3. The Morgan fingerprint density at radius 2 is 1.80 bits per heavy atom. The summed E-state index contributed by atoms with van der Waals surface area (Å²) in [4.78, 5) is 34.9. The van der Waals surface area contributed by atoms with Crippen LogP contribution in [0.15, 0.2) is 53.4 Å². The zero-order chi connectivity index (χ0) is 22.1. The quantitative estimate of drug-likeness (QED) is 0.196. The van der Waals surface area contributed by atoms with Crippen molar-refractivity contribution in [1.82, 2.24) is 0 Å². The van der Waals surface area contributed by atoms with E-state index in [4.69, 9.17) is 9.47 Å². The lowest BCUT2D eigenvalue weighted by molar-refractivity contribution is -0.387. The van der Waals surface area contributed by atoms with Crippen LogP contribution < -0.4 is 4.74 Å². The molecule has 0 radical (unpaired) electrons. The van der Waals surface area contributed by atoms with Gasteiger partial charge in [-0.1, -0.05) is 38.1 Å². The van der Waals surface area contributed by atoms with Crippen molar-refractivity contribution in [2.24, 2.45) is 0 Å². The number of nitrogens with zero attached hydrogens (tertiary/aromatic N) is 1. The van der Waals surface area contributed by atoms with Gasteiger partial charge in [-0.05, 0) is 30.2 Å². The molecule has 0 saturated heterocycles. The Morgan fingerprint density at radius 1 is 1.13 bits per heavy atom. The fourth-order valence-corrected chi connectivity index (χ4v) is 3.73. The third-order valence-corrected chi connectivity index (χ3v) is 5.40. The lowest BCUT2D eigenvalue weighted by Gasteiger charge is -2.22. The van der Waals surface area contributed by atoms with E-state index in [0.29, 0.717) is 22.6 Å². The molecule has 0 fully saturated rings. The van der Waals surface area contributed by atoms with E-state index in [9.17, 15) is 24.8 Å². The van der Waals surface area contributed by atoms with Crippen molar-refractivity contribution in [3.63, 3.8) is 0 Å².